The van der Waals surface area contributed by atoms with Crippen LogP contribution in [0.4, 0.5) is 23.2 Å². The van der Waals surface area contributed by atoms with Crippen molar-refractivity contribution < 1.29 is 22.3 Å². The van der Waals surface area contributed by atoms with E-state index in [1.54, 1.807) is 0 Å². The molecule has 3 nitrogen and oxygen atoms in total. The van der Waals surface area contributed by atoms with Crippen molar-refractivity contribution in [2.75, 3.05) is 38.1 Å². The number of nitrogens with zero attached hydrogens (tertiary/aromatic N) is 1. The van der Waals surface area contributed by atoms with E-state index in [4.69, 9.17) is 4.74 Å². The summed E-state index contributed by atoms with van der Waals surface area (Å²) in [6.45, 7) is 5.55. The second kappa shape index (κ2) is 6.62. The van der Waals surface area contributed by atoms with Crippen LogP contribution in [0, 0.1) is 5.82 Å². The normalized spacial score (nSPS) is 20.5. The lowest BCUT2D eigenvalue weighted by Gasteiger charge is -2.32. The fraction of sp³-hybridized carbons (Fsp3) is 0.571. The van der Waals surface area contributed by atoms with Gasteiger partial charge in [-0.1, -0.05) is 6.92 Å². The van der Waals surface area contributed by atoms with Crippen LogP contribution in [0.2, 0.25) is 0 Å². The van der Waals surface area contributed by atoms with E-state index >= 15 is 0 Å². The summed E-state index contributed by atoms with van der Waals surface area (Å²) in [5.41, 5.74) is -1.02. The minimum atomic E-state index is -4.69. The molecule has 1 atom stereocenters. The monoisotopic (exact) mass is 306 g/mol. The van der Waals surface area contributed by atoms with Crippen molar-refractivity contribution in [1.82, 2.24) is 4.90 Å². The molecule has 7 heteroatoms. The van der Waals surface area contributed by atoms with Gasteiger partial charge in [0, 0.05) is 25.3 Å². The standard InChI is InChI=1S/C14H18F4N2O/c1-2-20-5-6-21-11(9-20)8-19-10-3-4-13(15)12(7-10)14(16,17)18/h3-4,7,11,19H,2,5-6,8-9H2,1H3. The van der Waals surface area contributed by atoms with Gasteiger partial charge in [-0.2, -0.15) is 13.2 Å². The molecule has 1 aliphatic heterocycles. The van der Waals surface area contributed by atoms with Crippen molar-refractivity contribution in [2.24, 2.45) is 0 Å². The van der Waals surface area contributed by atoms with Crippen LogP contribution in [-0.4, -0.2) is 43.8 Å². The Hall–Kier alpha value is -1.34. The van der Waals surface area contributed by atoms with Gasteiger partial charge in [0.05, 0.1) is 18.3 Å². The molecule has 1 unspecified atom stereocenters. The van der Waals surface area contributed by atoms with E-state index in [1.807, 2.05) is 6.92 Å². The number of rotatable bonds is 4. The number of halogens is 4. The second-order valence-electron chi connectivity index (χ2n) is 4.96. The fourth-order valence-corrected chi connectivity index (χ4v) is 2.28. The van der Waals surface area contributed by atoms with E-state index in [-0.39, 0.29) is 11.8 Å². The number of ether oxygens (including phenoxy) is 1. The van der Waals surface area contributed by atoms with Crippen molar-refractivity contribution in [1.29, 1.82) is 0 Å². The minimum absolute atomic E-state index is 0.0851. The molecule has 2 rings (SSSR count). The van der Waals surface area contributed by atoms with Gasteiger partial charge in [0.25, 0.3) is 0 Å². The van der Waals surface area contributed by atoms with E-state index in [0.717, 1.165) is 31.8 Å². The quantitative estimate of drug-likeness (QED) is 0.866. The number of nitrogens with one attached hydrogen (secondary N) is 1. The largest absolute Gasteiger partial charge is 0.419 e. The molecular formula is C14H18F4N2O. The van der Waals surface area contributed by atoms with Crippen LogP contribution in [0.5, 0.6) is 0 Å². The molecule has 1 aliphatic rings. The summed E-state index contributed by atoms with van der Waals surface area (Å²) in [5, 5.41) is 2.88. The molecule has 0 saturated carbocycles. The summed E-state index contributed by atoms with van der Waals surface area (Å²) in [4.78, 5) is 2.21. The summed E-state index contributed by atoms with van der Waals surface area (Å²) in [7, 11) is 0. The summed E-state index contributed by atoms with van der Waals surface area (Å²) in [6, 6.07) is 2.91. The van der Waals surface area contributed by atoms with Crippen LogP contribution in [-0.2, 0) is 10.9 Å². The molecule has 118 valence electrons. The third kappa shape index (κ3) is 4.31. The van der Waals surface area contributed by atoms with Gasteiger partial charge in [-0.05, 0) is 24.7 Å². The number of alkyl halides is 3. The first kappa shape index (κ1) is 16.0. The highest BCUT2D eigenvalue weighted by Crippen LogP contribution is 2.33. The van der Waals surface area contributed by atoms with Crippen LogP contribution < -0.4 is 5.32 Å². The molecule has 1 heterocycles. The first-order chi connectivity index (χ1) is 9.90. The zero-order valence-corrected chi connectivity index (χ0v) is 11.7. The number of hydrogen-bond acceptors (Lipinski definition) is 3. The average Bonchev–Trinajstić information content (AvgIpc) is 2.45. The van der Waals surface area contributed by atoms with Crippen molar-refractivity contribution in [3.8, 4) is 0 Å². The Morgan fingerprint density at radius 3 is 2.81 bits per heavy atom. The molecule has 0 aromatic heterocycles. The molecule has 1 saturated heterocycles. The highest BCUT2D eigenvalue weighted by Gasteiger charge is 2.34. The predicted octanol–water partition coefficient (Wildman–Crippen LogP) is 2.98. The summed E-state index contributed by atoms with van der Waals surface area (Å²) in [6.07, 6.45) is -4.78. The molecule has 0 radical (unpaired) electrons. The molecule has 1 aromatic carbocycles. The number of anilines is 1. The van der Waals surface area contributed by atoms with Gasteiger partial charge in [-0.15, -0.1) is 0 Å². The maximum atomic E-state index is 13.2. The van der Waals surface area contributed by atoms with Crippen LogP contribution in [0.15, 0.2) is 18.2 Å². The van der Waals surface area contributed by atoms with E-state index < -0.39 is 17.6 Å². The van der Waals surface area contributed by atoms with Gasteiger partial charge < -0.3 is 10.1 Å². The summed E-state index contributed by atoms with van der Waals surface area (Å²) < 4.78 is 56.6. The van der Waals surface area contributed by atoms with Gasteiger partial charge in [-0.3, -0.25) is 4.90 Å². The molecule has 0 amide bonds. The topological polar surface area (TPSA) is 24.5 Å². The predicted molar refractivity (Wildman–Crippen MR) is 71.7 cm³/mol. The Bertz CT molecular complexity index is 479. The average molecular weight is 306 g/mol. The Labute approximate surface area is 120 Å². The Balaban J connectivity index is 1.97. The lowest BCUT2D eigenvalue weighted by molar-refractivity contribution is -0.139. The lowest BCUT2D eigenvalue weighted by atomic mass is 10.1. The first-order valence-electron chi connectivity index (χ1n) is 6.84. The highest BCUT2D eigenvalue weighted by molar-refractivity contribution is 5.47. The first-order valence-corrected chi connectivity index (χ1v) is 6.84. The van der Waals surface area contributed by atoms with Crippen molar-refractivity contribution in [2.45, 2.75) is 19.2 Å². The van der Waals surface area contributed by atoms with Crippen molar-refractivity contribution in [3.05, 3.63) is 29.6 Å². The second-order valence-corrected chi connectivity index (χ2v) is 4.96. The molecule has 1 aromatic rings. The van der Waals surface area contributed by atoms with E-state index in [9.17, 15) is 17.6 Å². The summed E-state index contributed by atoms with van der Waals surface area (Å²) >= 11 is 0. The third-order valence-corrected chi connectivity index (χ3v) is 3.48. The Morgan fingerprint density at radius 1 is 1.38 bits per heavy atom. The Morgan fingerprint density at radius 2 is 2.14 bits per heavy atom. The van der Waals surface area contributed by atoms with Crippen LogP contribution in [0.1, 0.15) is 12.5 Å². The number of benzene rings is 1. The van der Waals surface area contributed by atoms with E-state index in [2.05, 4.69) is 10.2 Å². The van der Waals surface area contributed by atoms with Crippen LogP contribution >= 0.6 is 0 Å². The van der Waals surface area contributed by atoms with Gasteiger partial charge in [0.2, 0.25) is 0 Å². The van der Waals surface area contributed by atoms with Gasteiger partial charge >= 0.3 is 6.18 Å². The van der Waals surface area contributed by atoms with Crippen molar-refractivity contribution >= 4 is 5.69 Å². The van der Waals surface area contributed by atoms with E-state index in [0.29, 0.717) is 13.2 Å². The van der Waals surface area contributed by atoms with Crippen LogP contribution in [0.3, 0.4) is 0 Å². The zero-order valence-electron chi connectivity index (χ0n) is 11.7. The molecule has 0 spiro atoms. The minimum Gasteiger partial charge on any atom is -0.382 e. The summed E-state index contributed by atoms with van der Waals surface area (Å²) in [5.74, 6) is -1.26. The zero-order chi connectivity index (χ0) is 15.5. The maximum Gasteiger partial charge on any atom is 0.419 e. The van der Waals surface area contributed by atoms with Gasteiger partial charge in [0.15, 0.2) is 0 Å². The van der Waals surface area contributed by atoms with Crippen LogP contribution in [0.25, 0.3) is 0 Å². The molecule has 21 heavy (non-hydrogen) atoms. The lowest BCUT2D eigenvalue weighted by Crippen LogP contribution is -2.45. The van der Waals surface area contributed by atoms with Crippen molar-refractivity contribution in [3.63, 3.8) is 0 Å². The maximum absolute atomic E-state index is 13.2. The molecule has 1 fully saturated rings. The molecule has 0 bridgehead atoms. The van der Waals surface area contributed by atoms with Gasteiger partial charge in [0.1, 0.15) is 5.82 Å². The number of likely N-dealkylation sites (N-methyl/N-ethyl adjacent to an activating group) is 1. The van der Waals surface area contributed by atoms with E-state index in [1.165, 1.54) is 6.07 Å². The highest BCUT2D eigenvalue weighted by atomic mass is 19.4. The third-order valence-electron chi connectivity index (χ3n) is 3.48. The molecular weight excluding hydrogens is 288 g/mol. The molecule has 0 aliphatic carbocycles. The van der Waals surface area contributed by atoms with Gasteiger partial charge in [-0.25, -0.2) is 4.39 Å². The number of morpholine rings is 1. The SMILES string of the molecule is CCN1CCOC(CNc2ccc(F)c(C(F)(F)F)c2)C1. The smallest absolute Gasteiger partial charge is 0.382 e. The molecule has 1 N–H and O–H groups in total. The Kier molecular flexibility index (Phi) is 5.05. The fourth-order valence-electron chi connectivity index (χ4n) is 2.28. The number of hydrogen-bond donors (Lipinski definition) is 1.